The standard InChI is InChI=1S/C8H7BrFNO2/c1-11-8(12)13-7-5(9)3-2-4-6(7)10/h2-4H,1H3,(H,11,12). The molecular weight excluding hydrogens is 241 g/mol. The summed E-state index contributed by atoms with van der Waals surface area (Å²) in [5.41, 5.74) is 0. The second-order valence-corrected chi connectivity index (χ2v) is 3.04. The number of amides is 1. The zero-order chi connectivity index (χ0) is 9.84. The lowest BCUT2D eigenvalue weighted by atomic mass is 10.3. The molecule has 3 nitrogen and oxygen atoms in total. The molecule has 0 aromatic heterocycles. The van der Waals surface area contributed by atoms with Gasteiger partial charge in [0.25, 0.3) is 0 Å². The van der Waals surface area contributed by atoms with E-state index in [1.165, 1.54) is 19.2 Å². The molecule has 0 saturated carbocycles. The lowest BCUT2D eigenvalue weighted by Crippen LogP contribution is -2.22. The molecule has 1 aromatic rings. The van der Waals surface area contributed by atoms with Crippen LogP contribution in [0.4, 0.5) is 9.18 Å². The third kappa shape index (κ3) is 2.42. The summed E-state index contributed by atoms with van der Waals surface area (Å²) in [6, 6.07) is 4.31. The van der Waals surface area contributed by atoms with Crippen LogP contribution in [0.25, 0.3) is 0 Å². The normalized spacial score (nSPS) is 9.46. The highest BCUT2D eigenvalue weighted by Gasteiger charge is 2.10. The number of ether oxygens (including phenoxy) is 1. The maximum Gasteiger partial charge on any atom is 0.412 e. The van der Waals surface area contributed by atoms with E-state index in [1.807, 2.05) is 0 Å². The number of halogens is 2. The summed E-state index contributed by atoms with van der Waals surface area (Å²) in [6.07, 6.45) is -0.703. The zero-order valence-corrected chi connectivity index (χ0v) is 8.39. The van der Waals surface area contributed by atoms with Gasteiger partial charge in [-0.05, 0) is 28.1 Å². The molecule has 0 aliphatic carbocycles. The zero-order valence-electron chi connectivity index (χ0n) is 6.80. The Labute approximate surface area is 83.0 Å². The first-order valence-electron chi connectivity index (χ1n) is 3.48. The van der Waals surface area contributed by atoms with Crippen molar-refractivity contribution in [1.82, 2.24) is 5.32 Å². The predicted octanol–water partition coefficient (Wildman–Crippen LogP) is 2.31. The van der Waals surface area contributed by atoms with Crippen LogP contribution in [0.3, 0.4) is 0 Å². The highest BCUT2D eigenvalue weighted by molar-refractivity contribution is 9.10. The third-order valence-electron chi connectivity index (χ3n) is 1.32. The molecule has 1 aromatic carbocycles. The van der Waals surface area contributed by atoms with E-state index in [-0.39, 0.29) is 5.75 Å². The summed E-state index contributed by atoms with van der Waals surface area (Å²) in [5.74, 6) is -0.695. The van der Waals surface area contributed by atoms with Crippen LogP contribution < -0.4 is 10.1 Å². The van der Waals surface area contributed by atoms with Gasteiger partial charge in [0.2, 0.25) is 0 Å². The van der Waals surface area contributed by atoms with Gasteiger partial charge in [-0.2, -0.15) is 0 Å². The molecule has 1 rings (SSSR count). The number of benzene rings is 1. The van der Waals surface area contributed by atoms with Gasteiger partial charge in [0, 0.05) is 7.05 Å². The van der Waals surface area contributed by atoms with E-state index in [9.17, 15) is 9.18 Å². The van der Waals surface area contributed by atoms with E-state index >= 15 is 0 Å². The number of para-hydroxylation sites is 1. The number of hydrogen-bond donors (Lipinski definition) is 1. The van der Waals surface area contributed by atoms with Crippen molar-refractivity contribution in [3.63, 3.8) is 0 Å². The Morgan fingerprint density at radius 2 is 2.31 bits per heavy atom. The Bertz CT molecular complexity index is 310. The van der Waals surface area contributed by atoms with E-state index in [4.69, 9.17) is 0 Å². The molecule has 1 N–H and O–H groups in total. The van der Waals surface area contributed by atoms with Gasteiger partial charge in [0.05, 0.1) is 4.47 Å². The smallest absolute Gasteiger partial charge is 0.406 e. The van der Waals surface area contributed by atoms with Crippen LogP contribution in [0.2, 0.25) is 0 Å². The first-order chi connectivity index (χ1) is 6.15. The average molecular weight is 248 g/mol. The summed E-state index contributed by atoms with van der Waals surface area (Å²) >= 11 is 3.06. The molecule has 0 radical (unpaired) electrons. The molecule has 0 saturated heterocycles. The highest BCUT2D eigenvalue weighted by atomic mass is 79.9. The number of rotatable bonds is 1. The van der Waals surface area contributed by atoms with Crippen LogP contribution in [0, 0.1) is 5.82 Å². The van der Waals surface area contributed by atoms with Crippen molar-refractivity contribution in [2.24, 2.45) is 0 Å². The monoisotopic (exact) mass is 247 g/mol. The summed E-state index contributed by atoms with van der Waals surface area (Å²) in [7, 11) is 1.40. The van der Waals surface area contributed by atoms with Crippen molar-refractivity contribution in [2.45, 2.75) is 0 Å². The molecule has 0 aliphatic rings. The molecule has 0 aliphatic heterocycles. The Morgan fingerprint density at radius 3 is 2.85 bits per heavy atom. The highest BCUT2D eigenvalue weighted by Crippen LogP contribution is 2.27. The van der Waals surface area contributed by atoms with E-state index < -0.39 is 11.9 Å². The number of nitrogens with one attached hydrogen (secondary N) is 1. The Morgan fingerprint density at radius 1 is 1.62 bits per heavy atom. The first kappa shape index (κ1) is 9.98. The molecule has 0 unspecified atom stereocenters. The Balaban J connectivity index is 2.93. The molecule has 0 fully saturated rings. The van der Waals surface area contributed by atoms with Gasteiger partial charge < -0.3 is 10.1 Å². The molecule has 0 spiro atoms. The van der Waals surface area contributed by atoms with Crippen LogP contribution in [-0.2, 0) is 0 Å². The molecule has 0 bridgehead atoms. The Kier molecular flexibility index (Phi) is 3.25. The molecule has 0 heterocycles. The minimum Gasteiger partial charge on any atom is -0.406 e. The van der Waals surface area contributed by atoms with Crippen LogP contribution >= 0.6 is 15.9 Å². The second-order valence-electron chi connectivity index (χ2n) is 2.19. The van der Waals surface area contributed by atoms with Crippen molar-refractivity contribution >= 4 is 22.0 Å². The quantitative estimate of drug-likeness (QED) is 0.828. The molecule has 70 valence electrons. The van der Waals surface area contributed by atoms with Gasteiger partial charge in [-0.3, -0.25) is 0 Å². The average Bonchev–Trinajstić information content (AvgIpc) is 2.11. The molecule has 13 heavy (non-hydrogen) atoms. The molecular formula is C8H7BrFNO2. The van der Waals surface area contributed by atoms with Crippen molar-refractivity contribution in [1.29, 1.82) is 0 Å². The van der Waals surface area contributed by atoms with E-state index in [2.05, 4.69) is 26.0 Å². The van der Waals surface area contributed by atoms with Gasteiger partial charge in [-0.15, -0.1) is 0 Å². The van der Waals surface area contributed by atoms with Crippen LogP contribution in [0.15, 0.2) is 22.7 Å². The SMILES string of the molecule is CNC(=O)Oc1c(F)cccc1Br. The fraction of sp³-hybridized carbons (Fsp3) is 0.125. The maximum absolute atomic E-state index is 13.0. The van der Waals surface area contributed by atoms with E-state index in [1.54, 1.807) is 6.07 Å². The summed E-state index contributed by atoms with van der Waals surface area (Å²) < 4.78 is 18.1. The predicted molar refractivity (Wildman–Crippen MR) is 49.2 cm³/mol. The topological polar surface area (TPSA) is 38.3 Å². The number of carbonyl (C=O) groups is 1. The van der Waals surface area contributed by atoms with Crippen molar-refractivity contribution in [3.05, 3.63) is 28.5 Å². The van der Waals surface area contributed by atoms with Crippen LogP contribution in [-0.4, -0.2) is 13.1 Å². The van der Waals surface area contributed by atoms with Gasteiger partial charge in [-0.1, -0.05) is 6.07 Å². The summed E-state index contributed by atoms with van der Waals surface area (Å²) in [6.45, 7) is 0. The van der Waals surface area contributed by atoms with Crippen molar-refractivity contribution < 1.29 is 13.9 Å². The fourth-order valence-corrected chi connectivity index (χ4v) is 1.15. The van der Waals surface area contributed by atoms with Crippen molar-refractivity contribution in [2.75, 3.05) is 7.05 Å². The lowest BCUT2D eigenvalue weighted by molar-refractivity contribution is 0.200. The van der Waals surface area contributed by atoms with E-state index in [0.717, 1.165) is 0 Å². The number of carbonyl (C=O) groups excluding carboxylic acids is 1. The second kappa shape index (κ2) is 4.23. The lowest BCUT2D eigenvalue weighted by Gasteiger charge is -2.05. The van der Waals surface area contributed by atoms with E-state index in [0.29, 0.717) is 4.47 Å². The minimum atomic E-state index is -0.703. The van der Waals surface area contributed by atoms with Crippen LogP contribution in [0.1, 0.15) is 0 Å². The molecule has 1 amide bonds. The van der Waals surface area contributed by atoms with Gasteiger partial charge in [0.1, 0.15) is 0 Å². The van der Waals surface area contributed by atoms with Gasteiger partial charge in [0.15, 0.2) is 11.6 Å². The van der Waals surface area contributed by atoms with Gasteiger partial charge in [-0.25, -0.2) is 9.18 Å². The number of hydrogen-bond acceptors (Lipinski definition) is 2. The molecule has 0 atom stereocenters. The summed E-state index contributed by atoms with van der Waals surface area (Å²) in [5, 5.41) is 2.22. The largest absolute Gasteiger partial charge is 0.412 e. The Hall–Kier alpha value is -1.10. The fourth-order valence-electron chi connectivity index (χ4n) is 0.724. The first-order valence-corrected chi connectivity index (χ1v) is 4.28. The maximum atomic E-state index is 13.0. The van der Waals surface area contributed by atoms with Crippen LogP contribution in [0.5, 0.6) is 5.75 Å². The van der Waals surface area contributed by atoms with Crippen molar-refractivity contribution in [3.8, 4) is 5.75 Å². The third-order valence-corrected chi connectivity index (χ3v) is 1.94. The molecule has 5 heteroatoms. The summed E-state index contributed by atoms with van der Waals surface area (Å²) in [4.78, 5) is 10.8. The minimum absolute atomic E-state index is 0.109. The van der Waals surface area contributed by atoms with Gasteiger partial charge >= 0.3 is 6.09 Å².